The van der Waals surface area contributed by atoms with E-state index in [1.54, 1.807) is 0 Å². The van der Waals surface area contributed by atoms with E-state index in [-0.39, 0.29) is 6.71 Å². The van der Waals surface area contributed by atoms with E-state index < -0.39 is 0 Å². The number of fused-ring (bicyclic) bond motifs is 14. The Morgan fingerprint density at radius 2 is 1.16 bits per heavy atom. The summed E-state index contributed by atoms with van der Waals surface area (Å²) in [5.41, 5.74) is 14.1. The zero-order valence-electron chi connectivity index (χ0n) is 25.2. The Balaban J connectivity index is 1.47. The molecule has 0 N–H and O–H groups in total. The fourth-order valence-electron chi connectivity index (χ4n) is 8.88. The number of benzene rings is 6. The van der Waals surface area contributed by atoms with Crippen LogP contribution in [0.15, 0.2) is 115 Å². The highest BCUT2D eigenvalue weighted by Gasteiger charge is 2.42. The molecule has 45 heavy (non-hydrogen) atoms. The maximum absolute atomic E-state index is 5.69. The summed E-state index contributed by atoms with van der Waals surface area (Å²) in [7, 11) is 0. The van der Waals surface area contributed by atoms with E-state index in [0.717, 1.165) is 11.9 Å². The molecule has 0 radical (unpaired) electrons. The molecule has 4 heteroatoms. The number of hydrogen-bond acceptors (Lipinski definition) is 1. The van der Waals surface area contributed by atoms with Gasteiger partial charge in [0.25, 0.3) is 6.71 Å². The molecule has 0 bridgehead atoms. The van der Waals surface area contributed by atoms with Crippen molar-refractivity contribution in [1.29, 1.82) is 0 Å². The molecule has 0 fully saturated rings. The van der Waals surface area contributed by atoms with Crippen LogP contribution in [0.4, 0.5) is 0 Å². The van der Waals surface area contributed by atoms with Crippen molar-refractivity contribution in [3.63, 3.8) is 0 Å². The first-order chi connectivity index (χ1) is 22.2. The van der Waals surface area contributed by atoms with Gasteiger partial charge in [-0.25, -0.2) is 4.98 Å². The van der Waals surface area contributed by atoms with Crippen molar-refractivity contribution in [2.75, 3.05) is 0 Å². The SMILES string of the molecule is CCC(C)c1nc2c3c4c(cc2c2ccccc12)-n1c2ccccc2c2cccc(c21)B4c1cccc2c4ccccc4n-3c12. The van der Waals surface area contributed by atoms with Crippen molar-refractivity contribution in [1.82, 2.24) is 14.1 Å². The Kier molecular flexibility index (Phi) is 4.39. The van der Waals surface area contributed by atoms with Gasteiger partial charge in [-0.15, -0.1) is 0 Å². The molecule has 0 aliphatic carbocycles. The zero-order valence-corrected chi connectivity index (χ0v) is 25.2. The van der Waals surface area contributed by atoms with E-state index in [4.69, 9.17) is 4.98 Å². The van der Waals surface area contributed by atoms with Crippen molar-refractivity contribution in [3.05, 3.63) is 121 Å². The molecule has 210 valence electrons. The number of hydrogen-bond donors (Lipinski definition) is 0. The maximum Gasteiger partial charge on any atom is 0.252 e. The molecule has 9 aromatic rings. The molecular formula is C41H28BN3. The molecule has 0 saturated carbocycles. The van der Waals surface area contributed by atoms with Crippen LogP contribution in [-0.2, 0) is 0 Å². The van der Waals surface area contributed by atoms with E-state index in [1.807, 2.05) is 0 Å². The van der Waals surface area contributed by atoms with Crippen LogP contribution in [0.25, 0.3) is 76.7 Å². The van der Waals surface area contributed by atoms with Crippen molar-refractivity contribution in [3.8, 4) is 11.4 Å². The van der Waals surface area contributed by atoms with Gasteiger partial charge in [-0.3, -0.25) is 0 Å². The Labute approximate surface area is 260 Å². The predicted molar refractivity (Wildman–Crippen MR) is 191 cm³/mol. The molecule has 2 aliphatic heterocycles. The van der Waals surface area contributed by atoms with Crippen LogP contribution in [-0.4, -0.2) is 20.8 Å². The topological polar surface area (TPSA) is 22.8 Å². The lowest BCUT2D eigenvalue weighted by Gasteiger charge is -2.34. The van der Waals surface area contributed by atoms with Gasteiger partial charge in [0, 0.05) is 49.0 Å². The van der Waals surface area contributed by atoms with Crippen molar-refractivity contribution in [2.45, 2.75) is 26.2 Å². The molecule has 6 aromatic carbocycles. The van der Waals surface area contributed by atoms with Crippen LogP contribution < -0.4 is 16.4 Å². The lowest BCUT2D eigenvalue weighted by molar-refractivity contribution is 0.718. The fraction of sp³-hybridized carbons (Fsp3) is 0.0976. The van der Waals surface area contributed by atoms with Crippen LogP contribution in [0.5, 0.6) is 0 Å². The van der Waals surface area contributed by atoms with Gasteiger partial charge in [0.1, 0.15) is 0 Å². The Morgan fingerprint density at radius 1 is 0.600 bits per heavy atom. The highest BCUT2D eigenvalue weighted by molar-refractivity contribution is 7.00. The van der Waals surface area contributed by atoms with Crippen LogP contribution in [0.1, 0.15) is 31.9 Å². The van der Waals surface area contributed by atoms with Crippen molar-refractivity contribution >= 4 is 88.4 Å². The smallest absolute Gasteiger partial charge is 0.252 e. The van der Waals surface area contributed by atoms with Gasteiger partial charge in [-0.2, -0.15) is 0 Å². The fourth-order valence-corrected chi connectivity index (χ4v) is 8.88. The monoisotopic (exact) mass is 573 g/mol. The second-order valence-electron chi connectivity index (χ2n) is 13.0. The Bertz CT molecular complexity index is 2780. The molecule has 3 aromatic heterocycles. The number of rotatable bonds is 2. The van der Waals surface area contributed by atoms with Crippen molar-refractivity contribution < 1.29 is 0 Å². The molecule has 5 heterocycles. The average Bonchev–Trinajstić information content (AvgIpc) is 3.62. The predicted octanol–water partition coefficient (Wildman–Crippen LogP) is 8.24. The molecular weight excluding hydrogens is 545 g/mol. The molecule has 3 nitrogen and oxygen atoms in total. The number of nitrogens with zero attached hydrogens (tertiary/aromatic N) is 3. The number of aromatic nitrogens is 3. The Hall–Kier alpha value is -5.35. The first kappa shape index (κ1) is 24.0. The van der Waals surface area contributed by atoms with E-state index in [2.05, 4.69) is 138 Å². The molecule has 0 saturated heterocycles. The van der Waals surface area contributed by atoms with E-state index in [1.165, 1.54) is 93.2 Å². The highest BCUT2D eigenvalue weighted by Crippen LogP contribution is 2.43. The second-order valence-corrected chi connectivity index (χ2v) is 13.0. The lowest BCUT2D eigenvalue weighted by Crippen LogP contribution is -2.59. The van der Waals surface area contributed by atoms with Crippen molar-refractivity contribution in [2.24, 2.45) is 0 Å². The summed E-state index contributed by atoms with van der Waals surface area (Å²) in [5.74, 6) is 0.351. The quantitative estimate of drug-likeness (QED) is 0.151. The van der Waals surface area contributed by atoms with Crippen LogP contribution in [0, 0.1) is 0 Å². The van der Waals surface area contributed by atoms with E-state index in [0.29, 0.717) is 5.92 Å². The first-order valence-electron chi connectivity index (χ1n) is 16.2. The molecule has 1 unspecified atom stereocenters. The molecule has 2 aliphatic rings. The van der Waals surface area contributed by atoms with E-state index in [9.17, 15) is 0 Å². The molecule has 11 rings (SSSR count). The van der Waals surface area contributed by atoms with Crippen LogP contribution >= 0.6 is 0 Å². The van der Waals surface area contributed by atoms with Gasteiger partial charge < -0.3 is 9.13 Å². The average molecular weight is 574 g/mol. The third-order valence-corrected chi connectivity index (χ3v) is 10.9. The van der Waals surface area contributed by atoms with Gasteiger partial charge in [0.05, 0.1) is 27.9 Å². The third-order valence-electron chi connectivity index (χ3n) is 10.9. The summed E-state index contributed by atoms with van der Waals surface area (Å²) in [4.78, 5) is 5.69. The van der Waals surface area contributed by atoms with Crippen LogP contribution in [0.2, 0.25) is 0 Å². The highest BCUT2D eigenvalue weighted by atomic mass is 15.0. The Morgan fingerprint density at radius 3 is 1.82 bits per heavy atom. The standard InChI is InChI=1S/C41H28BN3/c1-3-23(2)37-27-15-5-4-12-24(27)30-22-35-36-41(38(30)43-37)45-34-21-9-7-14-26(34)29-17-11-19-32(40(29)45)42(36)31-18-10-16-28-25-13-6-8-20-33(25)44(35)39(28)31/h4-23H,3H2,1-2H3. The van der Waals surface area contributed by atoms with Gasteiger partial charge in [0.2, 0.25) is 0 Å². The van der Waals surface area contributed by atoms with Gasteiger partial charge >= 0.3 is 0 Å². The summed E-state index contributed by atoms with van der Waals surface area (Å²) in [6, 6.07) is 43.1. The van der Waals surface area contributed by atoms with Gasteiger partial charge in [-0.1, -0.05) is 111 Å². The summed E-state index contributed by atoms with van der Waals surface area (Å²) in [5, 5.41) is 9.01. The minimum absolute atomic E-state index is 0.112. The largest absolute Gasteiger partial charge is 0.310 e. The number of pyridine rings is 1. The lowest BCUT2D eigenvalue weighted by atomic mass is 9.34. The first-order valence-corrected chi connectivity index (χ1v) is 16.2. The van der Waals surface area contributed by atoms with Crippen LogP contribution in [0.3, 0.4) is 0 Å². The third kappa shape index (κ3) is 2.74. The molecule has 1 atom stereocenters. The van der Waals surface area contributed by atoms with Gasteiger partial charge in [0.15, 0.2) is 0 Å². The maximum atomic E-state index is 5.69. The summed E-state index contributed by atoms with van der Waals surface area (Å²) in [6.45, 7) is 4.71. The second kappa shape index (κ2) is 8.22. The van der Waals surface area contributed by atoms with E-state index >= 15 is 0 Å². The molecule has 0 amide bonds. The minimum Gasteiger partial charge on any atom is -0.310 e. The summed E-state index contributed by atoms with van der Waals surface area (Å²) >= 11 is 0. The normalized spacial score (nSPS) is 14.0. The minimum atomic E-state index is 0.112. The summed E-state index contributed by atoms with van der Waals surface area (Å²) in [6.07, 6.45) is 1.05. The molecule has 0 spiro atoms. The zero-order chi connectivity index (χ0) is 29.6. The number of para-hydroxylation sites is 4. The van der Waals surface area contributed by atoms with Gasteiger partial charge in [-0.05, 0) is 52.3 Å². The summed E-state index contributed by atoms with van der Waals surface area (Å²) < 4.78 is 5.12.